The van der Waals surface area contributed by atoms with Gasteiger partial charge < -0.3 is 9.84 Å². The summed E-state index contributed by atoms with van der Waals surface area (Å²) in [5, 5.41) is 11.1. The number of rotatable bonds is 2. The zero-order valence-electron chi connectivity index (χ0n) is 7.60. The van der Waals surface area contributed by atoms with Crippen molar-refractivity contribution >= 4 is 17.3 Å². The number of aliphatic carboxylic acids is 1. The highest BCUT2D eigenvalue weighted by atomic mass is 32.1. The normalized spacial score (nSPS) is 20.6. The van der Waals surface area contributed by atoms with Crippen molar-refractivity contribution in [1.29, 1.82) is 0 Å². The molecular weight excluding hydrogens is 202 g/mol. The highest BCUT2D eigenvalue weighted by Gasteiger charge is 2.43. The van der Waals surface area contributed by atoms with Crippen LogP contribution in [-0.2, 0) is 14.9 Å². The Kier molecular flexibility index (Phi) is 2.52. The van der Waals surface area contributed by atoms with Gasteiger partial charge in [0.05, 0.1) is 11.2 Å². The van der Waals surface area contributed by atoms with Crippen molar-refractivity contribution in [3.05, 3.63) is 16.6 Å². The van der Waals surface area contributed by atoms with Gasteiger partial charge in [0.25, 0.3) is 0 Å². The molecule has 0 unspecified atom stereocenters. The molecule has 0 aromatic carbocycles. The van der Waals surface area contributed by atoms with E-state index in [4.69, 9.17) is 4.74 Å². The Balaban J connectivity index is 2.35. The van der Waals surface area contributed by atoms with Gasteiger partial charge in [-0.15, -0.1) is 11.3 Å². The van der Waals surface area contributed by atoms with E-state index < -0.39 is 11.4 Å². The minimum absolute atomic E-state index is 0.504. The first-order valence-electron chi connectivity index (χ1n) is 4.45. The SMILES string of the molecule is O=C(O)C1(c2cscn2)CCOCC1. The van der Waals surface area contributed by atoms with Crippen LogP contribution in [-0.4, -0.2) is 29.3 Å². The first-order chi connectivity index (χ1) is 6.76. The number of hydrogen-bond donors (Lipinski definition) is 1. The predicted octanol–water partition coefficient (Wildman–Crippen LogP) is 1.28. The van der Waals surface area contributed by atoms with Gasteiger partial charge in [-0.25, -0.2) is 4.98 Å². The summed E-state index contributed by atoms with van der Waals surface area (Å²) >= 11 is 1.43. The number of ether oxygens (including phenoxy) is 1. The van der Waals surface area contributed by atoms with Crippen LogP contribution >= 0.6 is 11.3 Å². The Hall–Kier alpha value is -0.940. The molecule has 0 amide bonds. The molecule has 1 aromatic heterocycles. The van der Waals surface area contributed by atoms with Crippen LogP contribution in [0.3, 0.4) is 0 Å². The second-order valence-electron chi connectivity index (χ2n) is 3.37. The third kappa shape index (κ3) is 1.42. The third-order valence-electron chi connectivity index (χ3n) is 2.68. The summed E-state index contributed by atoms with van der Waals surface area (Å²) in [6, 6.07) is 0. The molecule has 0 spiro atoms. The highest BCUT2D eigenvalue weighted by molar-refractivity contribution is 7.07. The van der Waals surface area contributed by atoms with Crippen LogP contribution in [0.1, 0.15) is 18.5 Å². The van der Waals surface area contributed by atoms with Crippen molar-refractivity contribution < 1.29 is 14.6 Å². The molecule has 1 saturated heterocycles. The lowest BCUT2D eigenvalue weighted by molar-refractivity contribution is -0.148. The zero-order chi connectivity index (χ0) is 10.0. The number of carbonyl (C=O) groups is 1. The number of hydrogen-bond acceptors (Lipinski definition) is 4. The second-order valence-corrected chi connectivity index (χ2v) is 4.09. The van der Waals surface area contributed by atoms with E-state index in [0.29, 0.717) is 31.7 Å². The van der Waals surface area contributed by atoms with Crippen LogP contribution in [0.2, 0.25) is 0 Å². The van der Waals surface area contributed by atoms with Crippen LogP contribution in [0.4, 0.5) is 0 Å². The van der Waals surface area contributed by atoms with E-state index in [-0.39, 0.29) is 0 Å². The Labute approximate surface area is 85.5 Å². The van der Waals surface area contributed by atoms with Gasteiger partial charge in [0, 0.05) is 18.6 Å². The highest BCUT2D eigenvalue weighted by Crippen LogP contribution is 2.34. The second kappa shape index (κ2) is 3.67. The molecule has 76 valence electrons. The molecule has 4 nitrogen and oxygen atoms in total. The Morgan fingerprint density at radius 1 is 1.57 bits per heavy atom. The fraction of sp³-hybridized carbons (Fsp3) is 0.556. The number of aromatic nitrogens is 1. The molecule has 5 heteroatoms. The molecule has 1 N–H and O–H groups in total. The smallest absolute Gasteiger partial charge is 0.315 e. The van der Waals surface area contributed by atoms with Gasteiger partial charge in [-0.05, 0) is 12.8 Å². The van der Waals surface area contributed by atoms with Gasteiger partial charge in [0.15, 0.2) is 0 Å². The molecule has 1 aromatic rings. The van der Waals surface area contributed by atoms with E-state index in [1.165, 1.54) is 11.3 Å². The van der Waals surface area contributed by atoms with E-state index in [2.05, 4.69) is 4.98 Å². The van der Waals surface area contributed by atoms with Crippen LogP contribution < -0.4 is 0 Å². The van der Waals surface area contributed by atoms with E-state index in [0.717, 1.165) is 0 Å². The molecule has 1 fully saturated rings. The average molecular weight is 213 g/mol. The van der Waals surface area contributed by atoms with Gasteiger partial charge in [0.2, 0.25) is 0 Å². The molecule has 14 heavy (non-hydrogen) atoms. The Morgan fingerprint density at radius 2 is 2.29 bits per heavy atom. The summed E-state index contributed by atoms with van der Waals surface area (Å²) in [4.78, 5) is 15.4. The number of thiazole rings is 1. The molecule has 0 aliphatic carbocycles. The number of nitrogens with zero attached hydrogens (tertiary/aromatic N) is 1. The van der Waals surface area contributed by atoms with E-state index >= 15 is 0 Å². The zero-order valence-corrected chi connectivity index (χ0v) is 8.42. The maximum Gasteiger partial charge on any atom is 0.315 e. The summed E-state index contributed by atoms with van der Waals surface area (Å²) in [6.07, 6.45) is 1.04. The largest absolute Gasteiger partial charge is 0.481 e. The van der Waals surface area contributed by atoms with Crippen molar-refractivity contribution in [2.24, 2.45) is 0 Å². The lowest BCUT2D eigenvalue weighted by atomic mass is 9.78. The summed E-state index contributed by atoms with van der Waals surface area (Å²) < 4.78 is 5.19. The van der Waals surface area contributed by atoms with Crippen molar-refractivity contribution in [2.75, 3.05) is 13.2 Å². The number of carboxylic acid groups (broad SMARTS) is 1. The van der Waals surface area contributed by atoms with Crippen LogP contribution in [0.25, 0.3) is 0 Å². The molecular formula is C9H11NO3S. The van der Waals surface area contributed by atoms with Gasteiger partial charge >= 0.3 is 5.97 Å². The maximum absolute atomic E-state index is 11.3. The van der Waals surface area contributed by atoms with E-state index in [1.54, 1.807) is 5.51 Å². The number of carboxylic acids is 1. The molecule has 1 aliphatic rings. The summed E-state index contributed by atoms with van der Waals surface area (Å²) in [7, 11) is 0. The monoisotopic (exact) mass is 213 g/mol. The molecule has 2 rings (SSSR count). The Bertz CT molecular complexity index is 317. The predicted molar refractivity (Wildman–Crippen MR) is 51.5 cm³/mol. The van der Waals surface area contributed by atoms with Gasteiger partial charge in [-0.1, -0.05) is 0 Å². The first-order valence-corrected chi connectivity index (χ1v) is 5.40. The summed E-state index contributed by atoms with van der Waals surface area (Å²) in [5.41, 5.74) is 1.55. The average Bonchev–Trinajstić information content (AvgIpc) is 2.72. The lowest BCUT2D eigenvalue weighted by Crippen LogP contribution is -2.41. The lowest BCUT2D eigenvalue weighted by Gasteiger charge is -2.31. The molecule has 0 saturated carbocycles. The van der Waals surface area contributed by atoms with Crippen LogP contribution in [0.15, 0.2) is 10.9 Å². The van der Waals surface area contributed by atoms with Gasteiger partial charge in [-0.2, -0.15) is 0 Å². The van der Waals surface area contributed by atoms with Gasteiger partial charge in [0.1, 0.15) is 5.41 Å². The maximum atomic E-state index is 11.3. The third-order valence-corrected chi connectivity index (χ3v) is 3.26. The fourth-order valence-electron chi connectivity index (χ4n) is 1.75. The van der Waals surface area contributed by atoms with Crippen molar-refractivity contribution in [1.82, 2.24) is 4.98 Å². The van der Waals surface area contributed by atoms with E-state index in [1.807, 2.05) is 5.38 Å². The summed E-state index contributed by atoms with van der Waals surface area (Å²) in [5.74, 6) is -0.785. The van der Waals surface area contributed by atoms with Crippen LogP contribution in [0.5, 0.6) is 0 Å². The first kappa shape index (κ1) is 9.61. The molecule has 1 aliphatic heterocycles. The van der Waals surface area contributed by atoms with Crippen molar-refractivity contribution in [3.63, 3.8) is 0 Å². The van der Waals surface area contributed by atoms with Gasteiger partial charge in [-0.3, -0.25) is 4.79 Å². The van der Waals surface area contributed by atoms with Crippen molar-refractivity contribution in [2.45, 2.75) is 18.3 Å². The molecule has 2 heterocycles. The standard InChI is InChI=1S/C9H11NO3S/c11-8(12)9(1-3-13-4-2-9)7-5-14-6-10-7/h5-6H,1-4H2,(H,11,12). The minimum Gasteiger partial charge on any atom is -0.481 e. The van der Waals surface area contributed by atoms with Crippen molar-refractivity contribution in [3.8, 4) is 0 Å². The molecule has 0 radical (unpaired) electrons. The molecule has 0 atom stereocenters. The molecule has 0 bridgehead atoms. The quantitative estimate of drug-likeness (QED) is 0.803. The fourth-order valence-corrected chi connectivity index (χ4v) is 2.40. The van der Waals surface area contributed by atoms with Crippen LogP contribution in [0, 0.1) is 0 Å². The van der Waals surface area contributed by atoms with E-state index in [9.17, 15) is 9.90 Å². The topological polar surface area (TPSA) is 59.4 Å². The minimum atomic E-state index is -0.807. The summed E-state index contributed by atoms with van der Waals surface area (Å²) in [6.45, 7) is 1.01. The Morgan fingerprint density at radius 3 is 2.79 bits per heavy atom.